The Kier molecular flexibility index (Phi) is 5.51. The van der Waals surface area contributed by atoms with Crippen molar-refractivity contribution < 1.29 is 9.47 Å². The Labute approximate surface area is 189 Å². The Bertz CT molecular complexity index is 1170. The second-order valence-electron chi connectivity index (χ2n) is 7.76. The van der Waals surface area contributed by atoms with Crippen molar-refractivity contribution in [2.45, 2.75) is 13.8 Å². The lowest BCUT2D eigenvalue weighted by atomic mass is 9.88. The third-order valence-corrected chi connectivity index (χ3v) is 5.84. The fraction of sp³-hybridized carbons (Fsp3) is 0.133. The minimum absolute atomic E-state index is 0.660. The van der Waals surface area contributed by atoms with E-state index >= 15 is 0 Å². The summed E-state index contributed by atoms with van der Waals surface area (Å²) < 4.78 is 11.4. The highest BCUT2D eigenvalue weighted by Crippen LogP contribution is 2.48. The van der Waals surface area contributed by atoms with E-state index in [0.717, 1.165) is 11.5 Å². The average Bonchev–Trinajstić information content (AvgIpc) is 3.16. The largest absolute Gasteiger partial charge is 0.494 e. The molecule has 0 bridgehead atoms. The van der Waals surface area contributed by atoms with Crippen LogP contribution in [0.3, 0.4) is 0 Å². The maximum absolute atomic E-state index is 5.69. The summed E-state index contributed by atoms with van der Waals surface area (Å²) in [7, 11) is 0. The summed E-state index contributed by atoms with van der Waals surface area (Å²) in [4.78, 5) is 0. The highest BCUT2D eigenvalue weighted by atomic mass is 16.5. The topological polar surface area (TPSA) is 18.5 Å². The Morgan fingerprint density at radius 3 is 1.25 bits per heavy atom. The molecule has 0 atom stereocenters. The molecule has 0 fully saturated rings. The SMILES string of the molecule is CCOc1ccc(C(=C2c3ccccc3-c3ccccc32)c2ccc(OCC)cc2)cc1. The first-order valence-corrected chi connectivity index (χ1v) is 11.2. The molecular formula is C30H26O2. The molecule has 4 aromatic carbocycles. The van der Waals surface area contributed by atoms with Gasteiger partial charge in [0.1, 0.15) is 11.5 Å². The average molecular weight is 419 g/mol. The van der Waals surface area contributed by atoms with E-state index in [-0.39, 0.29) is 0 Å². The van der Waals surface area contributed by atoms with Crippen molar-refractivity contribution in [1.29, 1.82) is 0 Å². The minimum Gasteiger partial charge on any atom is -0.494 e. The van der Waals surface area contributed by atoms with Gasteiger partial charge in [-0.1, -0.05) is 72.8 Å². The monoisotopic (exact) mass is 418 g/mol. The van der Waals surface area contributed by atoms with Crippen LogP contribution in [0.2, 0.25) is 0 Å². The van der Waals surface area contributed by atoms with Gasteiger partial charge in [-0.15, -0.1) is 0 Å². The van der Waals surface area contributed by atoms with Gasteiger partial charge in [0.2, 0.25) is 0 Å². The van der Waals surface area contributed by atoms with E-state index in [4.69, 9.17) is 9.47 Å². The van der Waals surface area contributed by atoms with Gasteiger partial charge >= 0.3 is 0 Å². The van der Waals surface area contributed by atoms with Crippen LogP contribution in [-0.4, -0.2) is 13.2 Å². The van der Waals surface area contributed by atoms with Gasteiger partial charge in [-0.2, -0.15) is 0 Å². The van der Waals surface area contributed by atoms with Crippen molar-refractivity contribution in [2.24, 2.45) is 0 Å². The Morgan fingerprint density at radius 2 is 0.875 bits per heavy atom. The van der Waals surface area contributed by atoms with Crippen LogP contribution < -0.4 is 9.47 Å². The van der Waals surface area contributed by atoms with Gasteiger partial charge < -0.3 is 9.47 Å². The fourth-order valence-electron chi connectivity index (χ4n) is 4.51. The zero-order valence-electron chi connectivity index (χ0n) is 18.5. The highest BCUT2D eigenvalue weighted by Gasteiger charge is 2.26. The number of hydrogen-bond acceptors (Lipinski definition) is 2. The van der Waals surface area contributed by atoms with E-state index in [1.54, 1.807) is 0 Å². The molecule has 0 spiro atoms. The number of hydrogen-bond donors (Lipinski definition) is 0. The summed E-state index contributed by atoms with van der Waals surface area (Å²) in [5, 5.41) is 0. The summed E-state index contributed by atoms with van der Waals surface area (Å²) in [6, 6.07) is 34.2. The standard InChI is InChI=1S/C30H26O2/c1-3-31-23-17-13-21(14-18-23)29(22-15-19-24(20-16-22)32-4-2)30-27-11-7-5-9-25(27)26-10-6-8-12-28(26)30/h5-20H,3-4H2,1-2H3. The zero-order valence-corrected chi connectivity index (χ0v) is 18.5. The van der Waals surface area contributed by atoms with E-state index in [1.807, 2.05) is 13.8 Å². The Morgan fingerprint density at radius 1 is 0.500 bits per heavy atom. The molecule has 0 saturated carbocycles. The first-order valence-electron chi connectivity index (χ1n) is 11.2. The summed E-state index contributed by atoms with van der Waals surface area (Å²) in [6.45, 7) is 5.33. The van der Waals surface area contributed by atoms with Crippen LogP contribution in [-0.2, 0) is 0 Å². The summed E-state index contributed by atoms with van der Waals surface area (Å²) in [6.07, 6.45) is 0. The quantitative estimate of drug-likeness (QED) is 0.285. The fourth-order valence-corrected chi connectivity index (χ4v) is 4.51. The molecule has 0 aromatic heterocycles. The third-order valence-electron chi connectivity index (χ3n) is 5.84. The molecule has 0 heterocycles. The van der Waals surface area contributed by atoms with Crippen molar-refractivity contribution in [2.75, 3.05) is 13.2 Å². The number of ether oxygens (including phenoxy) is 2. The second kappa shape index (κ2) is 8.76. The number of rotatable bonds is 6. The second-order valence-corrected chi connectivity index (χ2v) is 7.76. The predicted octanol–water partition coefficient (Wildman–Crippen LogP) is 7.47. The molecule has 0 amide bonds. The van der Waals surface area contributed by atoms with E-state index in [9.17, 15) is 0 Å². The molecule has 0 radical (unpaired) electrons. The van der Waals surface area contributed by atoms with Crippen LogP contribution in [0.25, 0.3) is 22.3 Å². The van der Waals surface area contributed by atoms with Crippen LogP contribution in [0.1, 0.15) is 36.1 Å². The molecule has 1 aliphatic rings. The van der Waals surface area contributed by atoms with Gasteiger partial charge in [-0.05, 0) is 82.6 Å². The van der Waals surface area contributed by atoms with Gasteiger partial charge in [-0.25, -0.2) is 0 Å². The predicted molar refractivity (Wildman–Crippen MR) is 132 cm³/mol. The Balaban J connectivity index is 1.77. The molecule has 0 aliphatic heterocycles. The van der Waals surface area contributed by atoms with E-state index in [1.165, 1.54) is 44.5 Å². The molecule has 5 rings (SSSR count). The van der Waals surface area contributed by atoms with Crippen molar-refractivity contribution in [3.63, 3.8) is 0 Å². The lowest BCUT2D eigenvalue weighted by molar-refractivity contribution is 0.340. The molecule has 32 heavy (non-hydrogen) atoms. The van der Waals surface area contributed by atoms with Gasteiger partial charge in [0.25, 0.3) is 0 Å². The number of benzene rings is 4. The zero-order chi connectivity index (χ0) is 21.9. The highest BCUT2D eigenvalue weighted by molar-refractivity contribution is 6.13. The van der Waals surface area contributed by atoms with Crippen molar-refractivity contribution in [3.8, 4) is 22.6 Å². The summed E-state index contributed by atoms with van der Waals surface area (Å²) in [5.74, 6) is 1.78. The van der Waals surface area contributed by atoms with Crippen LogP contribution in [0.15, 0.2) is 97.1 Å². The summed E-state index contributed by atoms with van der Waals surface area (Å²) >= 11 is 0. The molecule has 2 heteroatoms. The van der Waals surface area contributed by atoms with E-state index < -0.39 is 0 Å². The summed E-state index contributed by atoms with van der Waals surface area (Å²) in [5.41, 5.74) is 9.93. The molecule has 158 valence electrons. The van der Waals surface area contributed by atoms with Gasteiger partial charge in [0.05, 0.1) is 13.2 Å². The molecule has 2 nitrogen and oxygen atoms in total. The smallest absolute Gasteiger partial charge is 0.119 e. The first-order chi connectivity index (χ1) is 15.8. The number of fused-ring (bicyclic) bond motifs is 3. The third kappa shape index (κ3) is 3.58. The minimum atomic E-state index is 0.660. The van der Waals surface area contributed by atoms with Gasteiger partial charge in [0, 0.05) is 0 Å². The van der Waals surface area contributed by atoms with Crippen molar-refractivity contribution in [1.82, 2.24) is 0 Å². The molecular weight excluding hydrogens is 392 g/mol. The van der Waals surface area contributed by atoms with Crippen molar-refractivity contribution in [3.05, 3.63) is 119 Å². The molecule has 4 aromatic rings. The first kappa shape index (κ1) is 20.1. The van der Waals surface area contributed by atoms with E-state index in [2.05, 4.69) is 97.1 Å². The molecule has 0 unspecified atom stereocenters. The van der Waals surface area contributed by atoms with Crippen LogP contribution in [0.4, 0.5) is 0 Å². The maximum atomic E-state index is 5.69. The lowest BCUT2D eigenvalue weighted by Crippen LogP contribution is -1.97. The molecule has 0 N–H and O–H groups in total. The normalized spacial score (nSPS) is 11.6. The van der Waals surface area contributed by atoms with Gasteiger partial charge in [-0.3, -0.25) is 0 Å². The molecule has 1 aliphatic carbocycles. The van der Waals surface area contributed by atoms with E-state index in [0.29, 0.717) is 13.2 Å². The molecule has 0 saturated heterocycles. The van der Waals surface area contributed by atoms with Crippen molar-refractivity contribution >= 4 is 11.1 Å². The van der Waals surface area contributed by atoms with Crippen LogP contribution in [0, 0.1) is 0 Å². The van der Waals surface area contributed by atoms with Crippen LogP contribution in [0.5, 0.6) is 11.5 Å². The van der Waals surface area contributed by atoms with Gasteiger partial charge in [0.15, 0.2) is 0 Å². The van der Waals surface area contributed by atoms with Crippen LogP contribution >= 0.6 is 0 Å². The lowest BCUT2D eigenvalue weighted by Gasteiger charge is -2.16. The maximum Gasteiger partial charge on any atom is 0.119 e. The Hall–Kier alpha value is -3.78.